The summed E-state index contributed by atoms with van der Waals surface area (Å²) in [6.45, 7) is 4.37. The van der Waals surface area contributed by atoms with Gasteiger partial charge in [-0.3, -0.25) is 37.3 Å². The molecule has 5 unspecified atom stereocenters. The van der Waals surface area contributed by atoms with E-state index in [1.807, 2.05) is 18.2 Å². The molecule has 580 valence electrons. The SMILES string of the molecule is CC/C=C\C/C=C\C/C=C\C/C=C\C/C=C\C/C=C\CCC(=O)OCC(COP(=O)(O)OCC(O)COP(=O)(O)OCC(COC(=O)CCCCCCC/C=C\C/C=C\CCC)OC(=O)CCCCCCC/C=C\C/C=C\CCC)OC(=O)CCCCCCCCC/C=C\C/C=C\C/C=C\CC. The number of rotatable bonds is 71. The molecule has 0 aliphatic heterocycles. The fraction of sp³-hybridized carbons (Fsp3) is 0.639. The summed E-state index contributed by atoms with van der Waals surface area (Å²) in [5.41, 5.74) is 0. The van der Waals surface area contributed by atoms with Crippen LogP contribution in [-0.2, 0) is 65.4 Å². The van der Waals surface area contributed by atoms with Gasteiger partial charge in [0.2, 0.25) is 0 Å². The summed E-state index contributed by atoms with van der Waals surface area (Å²) in [7, 11) is -9.99. The highest BCUT2D eigenvalue weighted by Gasteiger charge is 2.30. The third kappa shape index (κ3) is 73.0. The van der Waals surface area contributed by atoms with Crippen LogP contribution in [0, 0.1) is 0 Å². The lowest BCUT2D eigenvalue weighted by atomic mass is 10.1. The zero-order valence-electron chi connectivity index (χ0n) is 63.2. The maximum absolute atomic E-state index is 13.1. The number of aliphatic hydroxyl groups is 1. The number of phosphoric acid groups is 2. The molecule has 0 aromatic heterocycles. The van der Waals surface area contributed by atoms with Crippen LogP contribution in [0.25, 0.3) is 0 Å². The van der Waals surface area contributed by atoms with Crippen molar-refractivity contribution in [1.82, 2.24) is 0 Å². The van der Waals surface area contributed by atoms with Crippen molar-refractivity contribution >= 4 is 39.5 Å². The molecule has 5 atom stereocenters. The Hall–Kier alpha value is -5.32. The summed E-state index contributed by atoms with van der Waals surface area (Å²) in [4.78, 5) is 72.9. The number of allylic oxidation sites excluding steroid dienone is 26. The van der Waals surface area contributed by atoms with Crippen LogP contribution in [-0.4, -0.2) is 96.7 Å². The average Bonchev–Trinajstić information content (AvgIpc) is 0.923. The van der Waals surface area contributed by atoms with Crippen LogP contribution in [0.3, 0.4) is 0 Å². The second-order valence-corrected chi connectivity index (χ2v) is 28.1. The Balaban J connectivity index is 5.45. The number of hydrogen-bond acceptors (Lipinski definition) is 15. The van der Waals surface area contributed by atoms with Crippen LogP contribution in [0.5, 0.6) is 0 Å². The van der Waals surface area contributed by atoms with E-state index < -0.39 is 97.5 Å². The predicted molar refractivity (Wildman–Crippen MR) is 417 cm³/mol. The molecule has 0 aliphatic carbocycles. The smallest absolute Gasteiger partial charge is 0.462 e. The molecule has 3 N–H and O–H groups in total. The van der Waals surface area contributed by atoms with Gasteiger partial charge in [-0.25, -0.2) is 9.13 Å². The van der Waals surface area contributed by atoms with Gasteiger partial charge in [0.25, 0.3) is 0 Å². The normalized spacial score (nSPS) is 14.8. The molecular weight excluding hydrogens is 1330 g/mol. The molecular formula is C83H136O17P2. The topological polar surface area (TPSA) is 237 Å². The van der Waals surface area contributed by atoms with Gasteiger partial charge >= 0.3 is 39.5 Å². The van der Waals surface area contributed by atoms with Crippen molar-refractivity contribution in [2.24, 2.45) is 0 Å². The van der Waals surface area contributed by atoms with Crippen molar-refractivity contribution in [2.45, 2.75) is 303 Å². The fourth-order valence-electron chi connectivity index (χ4n) is 9.63. The van der Waals surface area contributed by atoms with Crippen molar-refractivity contribution in [3.63, 3.8) is 0 Å². The van der Waals surface area contributed by atoms with E-state index in [1.165, 1.54) is 0 Å². The number of ether oxygens (including phenoxy) is 4. The zero-order chi connectivity index (χ0) is 74.6. The number of esters is 4. The number of unbranched alkanes of at least 4 members (excludes halogenated alkanes) is 19. The fourth-order valence-corrected chi connectivity index (χ4v) is 11.2. The molecule has 0 bridgehead atoms. The van der Waals surface area contributed by atoms with E-state index in [-0.39, 0.29) is 25.7 Å². The van der Waals surface area contributed by atoms with Gasteiger partial charge in [0.15, 0.2) is 12.2 Å². The maximum Gasteiger partial charge on any atom is 0.472 e. The third-order valence-corrected chi connectivity index (χ3v) is 17.3. The van der Waals surface area contributed by atoms with E-state index in [0.717, 1.165) is 199 Å². The monoisotopic (exact) mass is 1470 g/mol. The summed E-state index contributed by atoms with van der Waals surface area (Å²) in [5.74, 6) is -2.32. The molecule has 0 aromatic carbocycles. The van der Waals surface area contributed by atoms with Crippen LogP contribution in [0.2, 0.25) is 0 Å². The summed E-state index contributed by atoms with van der Waals surface area (Å²) >= 11 is 0. The highest BCUT2D eigenvalue weighted by atomic mass is 31.2. The molecule has 102 heavy (non-hydrogen) atoms. The van der Waals surface area contributed by atoms with E-state index in [4.69, 9.17) is 37.0 Å². The predicted octanol–water partition coefficient (Wildman–Crippen LogP) is 22.4. The van der Waals surface area contributed by atoms with Crippen molar-refractivity contribution in [3.05, 3.63) is 158 Å². The van der Waals surface area contributed by atoms with Crippen molar-refractivity contribution in [3.8, 4) is 0 Å². The molecule has 0 heterocycles. The van der Waals surface area contributed by atoms with E-state index in [9.17, 15) is 43.2 Å². The van der Waals surface area contributed by atoms with Gasteiger partial charge in [0.1, 0.15) is 19.3 Å². The van der Waals surface area contributed by atoms with Crippen molar-refractivity contribution < 1.29 is 80.2 Å². The molecule has 0 spiro atoms. The molecule has 0 saturated carbocycles. The highest BCUT2D eigenvalue weighted by Crippen LogP contribution is 2.45. The van der Waals surface area contributed by atoms with E-state index >= 15 is 0 Å². The summed E-state index contributed by atoms with van der Waals surface area (Å²) < 4.78 is 68.4. The van der Waals surface area contributed by atoms with Gasteiger partial charge in [0.05, 0.1) is 26.4 Å². The molecule has 0 fully saturated rings. The molecule has 0 rings (SSSR count). The summed E-state index contributed by atoms with van der Waals surface area (Å²) in [6.07, 6.45) is 85.3. The third-order valence-electron chi connectivity index (χ3n) is 15.4. The van der Waals surface area contributed by atoms with E-state index in [2.05, 4.69) is 167 Å². The standard InChI is InChI=1S/C83H136O17P2/c1-5-9-13-17-21-25-29-33-35-37-38-40-41-45-48-52-56-60-64-68-81(86)94-74-79(100-83(88)70-66-62-58-54-50-46-42-39-36-34-30-26-22-18-14-10-6-2)76-98-102(91,92)96-72-77(84)71-95-101(89,90)97-75-78(99-82(87)69-65-61-57-53-49-44-32-28-24-20-16-12-8-4)73-93-80(85)67-63-59-55-51-47-43-31-27-23-19-15-11-7-3/h9-10,13-16,19-22,25-28,31-36,38,40,45,48,56,60,77-79,84H,5-8,11-12,17-18,23-24,29-30,37,39,41-44,46-47,49-55,57-59,61-76H2,1-4H3,(H,89,90)(H,91,92)/b13-9-,14-10-,19-15-,20-16-,25-21-,26-22-,31-27-,32-28-,35-33-,36-34-,40-38-,48-45-,60-56-. The first-order valence-electron chi connectivity index (χ1n) is 38.7. The molecule has 0 aliphatic rings. The average molecular weight is 1470 g/mol. The quantitative estimate of drug-likeness (QED) is 0.0169. The van der Waals surface area contributed by atoms with Crippen molar-refractivity contribution in [2.75, 3.05) is 39.6 Å². The van der Waals surface area contributed by atoms with Gasteiger partial charge in [-0.1, -0.05) is 269 Å². The second kappa shape index (κ2) is 74.0. The number of carbonyl (C=O) groups excluding carboxylic acids is 4. The number of carbonyl (C=O) groups is 4. The lowest BCUT2D eigenvalue weighted by molar-refractivity contribution is -0.161. The minimum Gasteiger partial charge on any atom is -0.462 e. The number of hydrogen-bond donors (Lipinski definition) is 3. The number of phosphoric ester groups is 2. The van der Waals surface area contributed by atoms with E-state index in [1.54, 1.807) is 0 Å². The largest absolute Gasteiger partial charge is 0.472 e. The molecule has 0 saturated heterocycles. The van der Waals surface area contributed by atoms with E-state index in [0.29, 0.717) is 32.1 Å². The van der Waals surface area contributed by atoms with Gasteiger partial charge in [-0.05, 0) is 148 Å². The minimum atomic E-state index is -5.00. The van der Waals surface area contributed by atoms with Gasteiger partial charge in [0, 0.05) is 25.7 Å². The van der Waals surface area contributed by atoms with Crippen LogP contribution in [0.15, 0.2) is 158 Å². The Bertz CT molecular complexity index is 2550. The Morgan fingerprint density at radius 2 is 0.529 bits per heavy atom. The molecule has 0 radical (unpaired) electrons. The molecule has 0 aromatic rings. The second-order valence-electron chi connectivity index (χ2n) is 25.2. The van der Waals surface area contributed by atoms with Crippen molar-refractivity contribution in [1.29, 1.82) is 0 Å². The Morgan fingerprint density at radius 1 is 0.284 bits per heavy atom. The summed E-state index contributed by atoms with van der Waals surface area (Å²) in [6, 6.07) is 0. The Morgan fingerprint density at radius 3 is 0.843 bits per heavy atom. The van der Waals surface area contributed by atoms with Crippen LogP contribution in [0.1, 0.15) is 285 Å². The lowest BCUT2D eigenvalue weighted by Crippen LogP contribution is -2.30. The van der Waals surface area contributed by atoms with Crippen LogP contribution in [0.4, 0.5) is 0 Å². The first kappa shape index (κ1) is 96.7. The first-order valence-corrected chi connectivity index (χ1v) is 41.7. The minimum absolute atomic E-state index is 0.0285. The van der Waals surface area contributed by atoms with Gasteiger partial charge in [-0.2, -0.15) is 0 Å². The zero-order valence-corrected chi connectivity index (χ0v) is 65.0. The maximum atomic E-state index is 13.1. The van der Waals surface area contributed by atoms with Gasteiger partial charge in [-0.15, -0.1) is 0 Å². The highest BCUT2D eigenvalue weighted by molar-refractivity contribution is 7.47. The lowest BCUT2D eigenvalue weighted by Gasteiger charge is -2.21. The first-order chi connectivity index (χ1) is 49.7. The Kier molecular flexibility index (Phi) is 70.1. The summed E-state index contributed by atoms with van der Waals surface area (Å²) in [5, 5.41) is 10.6. The van der Waals surface area contributed by atoms with Gasteiger partial charge < -0.3 is 33.8 Å². The molecule has 17 nitrogen and oxygen atoms in total. The Labute approximate surface area is 617 Å². The molecule has 19 heteroatoms. The number of aliphatic hydroxyl groups excluding tert-OH is 1. The van der Waals surface area contributed by atoms with Crippen LogP contribution >= 0.6 is 15.6 Å². The van der Waals surface area contributed by atoms with Crippen LogP contribution < -0.4 is 0 Å². The molecule has 0 amide bonds.